The molecule has 0 aliphatic rings. The van der Waals surface area contributed by atoms with E-state index in [1.807, 2.05) is 24.3 Å². The first-order valence-corrected chi connectivity index (χ1v) is 7.58. The van der Waals surface area contributed by atoms with Gasteiger partial charge in [-0.05, 0) is 36.2 Å². The van der Waals surface area contributed by atoms with E-state index in [0.717, 1.165) is 23.0 Å². The zero-order chi connectivity index (χ0) is 15.5. The third-order valence-corrected chi connectivity index (χ3v) is 3.95. The van der Waals surface area contributed by atoms with Gasteiger partial charge < -0.3 is 9.73 Å². The molecule has 0 spiro atoms. The van der Waals surface area contributed by atoms with E-state index < -0.39 is 0 Å². The predicted octanol–water partition coefficient (Wildman–Crippen LogP) is 4.83. The number of para-hydroxylation sites is 1. The molecule has 2 aromatic carbocycles. The number of carbonyl (C=O) groups is 1. The summed E-state index contributed by atoms with van der Waals surface area (Å²) in [5.41, 5.74) is 3.53. The van der Waals surface area contributed by atoms with Gasteiger partial charge in [0.25, 0.3) is 0 Å². The Morgan fingerprint density at radius 1 is 1.23 bits per heavy atom. The maximum Gasteiger partial charge on any atom is 0.228 e. The monoisotopic (exact) mass is 313 g/mol. The summed E-state index contributed by atoms with van der Waals surface area (Å²) < 4.78 is 5.52. The van der Waals surface area contributed by atoms with Crippen molar-refractivity contribution in [3.05, 3.63) is 64.9 Å². The lowest BCUT2D eigenvalue weighted by molar-refractivity contribution is -0.115. The molecule has 0 saturated heterocycles. The summed E-state index contributed by atoms with van der Waals surface area (Å²) in [4.78, 5) is 12.2. The number of benzene rings is 2. The van der Waals surface area contributed by atoms with E-state index in [2.05, 4.69) is 18.3 Å². The van der Waals surface area contributed by atoms with Crippen LogP contribution in [0, 0.1) is 0 Å². The number of nitrogens with one attached hydrogen (secondary N) is 1. The Morgan fingerprint density at radius 2 is 2.05 bits per heavy atom. The third kappa shape index (κ3) is 3.00. The largest absolute Gasteiger partial charge is 0.464 e. The smallest absolute Gasteiger partial charge is 0.228 e. The Labute approximate surface area is 133 Å². The van der Waals surface area contributed by atoms with Gasteiger partial charge in [0, 0.05) is 10.9 Å². The fourth-order valence-electron chi connectivity index (χ4n) is 2.42. The van der Waals surface area contributed by atoms with Crippen molar-refractivity contribution in [1.82, 2.24) is 0 Å². The summed E-state index contributed by atoms with van der Waals surface area (Å²) in [6.45, 7) is 2.10. The number of anilines is 1. The highest BCUT2D eigenvalue weighted by Crippen LogP contribution is 2.25. The van der Waals surface area contributed by atoms with Crippen LogP contribution in [0.4, 0.5) is 5.69 Å². The summed E-state index contributed by atoms with van der Waals surface area (Å²) in [6, 6.07) is 13.3. The minimum atomic E-state index is -0.113. The van der Waals surface area contributed by atoms with Crippen molar-refractivity contribution >= 4 is 34.2 Å². The van der Waals surface area contributed by atoms with Crippen LogP contribution in [-0.4, -0.2) is 5.91 Å². The van der Waals surface area contributed by atoms with Gasteiger partial charge in [0.05, 0.1) is 23.4 Å². The molecule has 1 aromatic heterocycles. The summed E-state index contributed by atoms with van der Waals surface area (Å²) in [7, 11) is 0. The van der Waals surface area contributed by atoms with E-state index in [9.17, 15) is 4.79 Å². The lowest BCUT2D eigenvalue weighted by atomic mass is 10.1. The highest BCUT2D eigenvalue weighted by Gasteiger charge is 2.12. The molecule has 0 bridgehead atoms. The second-order valence-electron chi connectivity index (χ2n) is 5.15. The van der Waals surface area contributed by atoms with E-state index in [1.54, 1.807) is 18.4 Å². The van der Waals surface area contributed by atoms with Crippen LogP contribution in [0.3, 0.4) is 0 Å². The number of halogens is 1. The van der Waals surface area contributed by atoms with E-state index >= 15 is 0 Å². The molecule has 0 aliphatic heterocycles. The molecule has 22 heavy (non-hydrogen) atoms. The Kier molecular flexibility index (Phi) is 4.16. The van der Waals surface area contributed by atoms with Crippen molar-refractivity contribution in [1.29, 1.82) is 0 Å². The van der Waals surface area contributed by atoms with Gasteiger partial charge >= 0.3 is 0 Å². The number of aryl methyl sites for hydroxylation is 1. The normalized spacial score (nSPS) is 10.8. The maximum absolute atomic E-state index is 12.2. The molecule has 0 fully saturated rings. The molecule has 1 amide bonds. The van der Waals surface area contributed by atoms with Crippen LogP contribution < -0.4 is 5.32 Å². The fraction of sp³-hybridized carbons (Fsp3) is 0.167. The molecule has 0 unspecified atom stereocenters. The first-order valence-electron chi connectivity index (χ1n) is 7.20. The Balaban J connectivity index is 1.81. The average molecular weight is 314 g/mol. The summed E-state index contributed by atoms with van der Waals surface area (Å²) in [5.74, 6) is -0.113. The van der Waals surface area contributed by atoms with Gasteiger partial charge in [0.2, 0.25) is 5.91 Å². The zero-order valence-corrected chi connectivity index (χ0v) is 13.0. The van der Waals surface area contributed by atoms with Gasteiger partial charge in [-0.15, -0.1) is 0 Å². The summed E-state index contributed by atoms with van der Waals surface area (Å²) in [6.07, 6.45) is 2.86. The lowest BCUT2D eigenvalue weighted by Crippen LogP contribution is -2.14. The molecule has 0 saturated carbocycles. The van der Waals surface area contributed by atoms with Gasteiger partial charge in [-0.3, -0.25) is 4.79 Å². The molecule has 4 heteroatoms. The summed E-state index contributed by atoms with van der Waals surface area (Å²) >= 11 is 6.05. The van der Waals surface area contributed by atoms with Crippen LogP contribution in [0.2, 0.25) is 5.02 Å². The summed E-state index contributed by atoms with van der Waals surface area (Å²) in [5, 5.41) is 4.35. The van der Waals surface area contributed by atoms with Crippen LogP contribution in [0.15, 0.2) is 53.1 Å². The van der Waals surface area contributed by atoms with E-state index in [0.29, 0.717) is 10.7 Å². The highest BCUT2D eigenvalue weighted by molar-refractivity contribution is 6.33. The average Bonchev–Trinajstić information content (AvgIpc) is 2.91. The first kappa shape index (κ1) is 14.7. The maximum atomic E-state index is 12.2. The van der Waals surface area contributed by atoms with E-state index in [-0.39, 0.29) is 12.3 Å². The molecular formula is C18H16ClNO2. The van der Waals surface area contributed by atoms with Gasteiger partial charge in [-0.1, -0.05) is 36.7 Å². The van der Waals surface area contributed by atoms with Crippen molar-refractivity contribution < 1.29 is 9.21 Å². The topological polar surface area (TPSA) is 42.2 Å². The van der Waals surface area contributed by atoms with Gasteiger partial charge in [-0.2, -0.15) is 0 Å². The Morgan fingerprint density at radius 3 is 2.82 bits per heavy atom. The molecule has 3 aromatic rings. The predicted molar refractivity (Wildman–Crippen MR) is 89.4 cm³/mol. The molecule has 112 valence electrons. The van der Waals surface area contributed by atoms with Gasteiger partial charge in [-0.25, -0.2) is 0 Å². The minimum absolute atomic E-state index is 0.113. The first-order chi connectivity index (χ1) is 10.7. The zero-order valence-electron chi connectivity index (χ0n) is 12.2. The van der Waals surface area contributed by atoms with Crippen molar-refractivity contribution in [2.75, 3.05) is 5.32 Å². The van der Waals surface area contributed by atoms with Crippen LogP contribution in [0.1, 0.15) is 18.1 Å². The van der Waals surface area contributed by atoms with Gasteiger partial charge in [0.1, 0.15) is 5.58 Å². The third-order valence-electron chi connectivity index (χ3n) is 3.63. The number of hydrogen-bond donors (Lipinski definition) is 1. The SMILES string of the molecule is CCc1ccc2occ(CC(=O)Nc3ccccc3Cl)c2c1. The number of fused-ring (bicyclic) bond motifs is 1. The second-order valence-corrected chi connectivity index (χ2v) is 5.56. The van der Waals surface area contributed by atoms with Crippen molar-refractivity contribution in [2.24, 2.45) is 0 Å². The highest BCUT2D eigenvalue weighted by atomic mass is 35.5. The van der Waals surface area contributed by atoms with E-state index in [4.69, 9.17) is 16.0 Å². The van der Waals surface area contributed by atoms with Crippen LogP contribution in [0.5, 0.6) is 0 Å². The molecule has 1 heterocycles. The number of furan rings is 1. The minimum Gasteiger partial charge on any atom is -0.464 e. The number of hydrogen-bond acceptors (Lipinski definition) is 2. The number of rotatable bonds is 4. The number of amides is 1. The Bertz CT molecular complexity index is 823. The molecule has 3 rings (SSSR count). The van der Waals surface area contributed by atoms with Crippen molar-refractivity contribution in [3.8, 4) is 0 Å². The second kappa shape index (κ2) is 6.24. The van der Waals surface area contributed by atoms with Crippen molar-refractivity contribution in [3.63, 3.8) is 0 Å². The molecule has 0 radical (unpaired) electrons. The number of carbonyl (C=O) groups excluding carboxylic acids is 1. The fourth-order valence-corrected chi connectivity index (χ4v) is 2.60. The van der Waals surface area contributed by atoms with Crippen LogP contribution >= 0.6 is 11.6 Å². The van der Waals surface area contributed by atoms with Gasteiger partial charge in [0.15, 0.2) is 0 Å². The molecule has 0 atom stereocenters. The molecular weight excluding hydrogens is 298 g/mol. The van der Waals surface area contributed by atoms with Crippen LogP contribution in [-0.2, 0) is 17.6 Å². The molecule has 3 nitrogen and oxygen atoms in total. The molecule has 1 N–H and O–H groups in total. The lowest BCUT2D eigenvalue weighted by Gasteiger charge is -2.06. The quantitative estimate of drug-likeness (QED) is 0.749. The Hall–Kier alpha value is -2.26. The van der Waals surface area contributed by atoms with E-state index in [1.165, 1.54) is 5.56 Å². The molecule has 0 aliphatic carbocycles. The van der Waals surface area contributed by atoms with Crippen LogP contribution in [0.25, 0.3) is 11.0 Å². The van der Waals surface area contributed by atoms with Crippen molar-refractivity contribution in [2.45, 2.75) is 19.8 Å². The standard InChI is InChI=1S/C18H16ClNO2/c1-2-12-7-8-17-14(9-12)13(11-22-17)10-18(21)20-16-6-4-3-5-15(16)19/h3-9,11H,2,10H2,1H3,(H,20,21).